The Labute approximate surface area is 125 Å². The minimum absolute atomic E-state index is 0.0827. The van der Waals surface area contributed by atoms with Crippen molar-refractivity contribution in [3.05, 3.63) is 40.0 Å². The van der Waals surface area contributed by atoms with Gasteiger partial charge in [-0.15, -0.1) is 11.3 Å². The Bertz CT molecular complexity index is 716. The van der Waals surface area contributed by atoms with Crippen LogP contribution in [0.1, 0.15) is 21.1 Å². The second-order valence-electron chi connectivity index (χ2n) is 4.67. The van der Waals surface area contributed by atoms with Crippen LogP contribution < -0.4 is 4.74 Å². The summed E-state index contributed by atoms with van der Waals surface area (Å²) in [7, 11) is 0. The number of likely N-dealkylation sites (tertiary alicyclic amines) is 1. The summed E-state index contributed by atoms with van der Waals surface area (Å²) in [5.41, 5.74) is 0.879. The van der Waals surface area contributed by atoms with Crippen molar-refractivity contribution in [2.45, 2.75) is 13.0 Å². The quantitative estimate of drug-likeness (QED) is 0.860. The van der Waals surface area contributed by atoms with E-state index in [9.17, 15) is 4.79 Å². The fraction of sp³-hybridized carbons (Fsp3) is 0.286. The number of carbonyl (C=O) groups is 1. The molecule has 1 saturated heterocycles. The summed E-state index contributed by atoms with van der Waals surface area (Å²) >= 11 is 1.46. The highest BCUT2D eigenvalue weighted by Gasteiger charge is 2.34. The topological polar surface area (TPSA) is 79.1 Å². The van der Waals surface area contributed by atoms with Crippen LogP contribution in [-0.4, -0.2) is 40.0 Å². The maximum Gasteiger partial charge on any atom is 0.273 e. The second kappa shape index (κ2) is 5.50. The molecule has 0 spiro atoms. The van der Waals surface area contributed by atoms with Gasteiger partial charge in [0.15, 0.2) is 0 Å². The molecule has 3 rings (SSSR count). The lowest BCUT2D eigenvalue weighted by molar-refractivity contribution is 0.0155. The van der Waals surface area contributed by atoms with Crippen molar-refractivity contribution in [1.82, 2.24) is 14.9 Å². The van der Waals surface area contributed by atoms with Crippen molar-refractivity contribution in [3.63, 3.8) is 0 Å². The molecule has 0 atom stereocenters. The van der Waals surface area contributed by atoms with Gasteiger partial charge < -0.3 is 9.64 Å². The van der Waals surface area contributed by atoms with E-state index in [2.05, 4.69) is 9.97 Å². The van der Waals surface area contributed by atoms with Gasteiger partial charge in [-0.1, -0.05) is 0 Å². The molecule has 0 N–H and O–H groups in total. The van der Waals surface area contributed by atoms with E-state index >= 15 is 0 Å². The number of carbonyl (C=O) groups excluding carboxylic acids is 1. The molecule has 0 bridgehead atoms. The molecule has 0 aliphatic carbocycles. The summed E-state index contributed by atoms with van der Waals surface area (Å²) in [6, 6.07) is 5.38. The molecule has 2 aromatic heterocycles. The summed E-state index contributed by atoms with van der Waals surface area (Å²) in [6.07, 6.45) is 1.45. The molecule has 3 heterocycles. The fourth-order valence-electron chi connectivity index (χ4n) is 2.03. The van der Waals surface area contributed by atoms with Gasteiger partial charge >= 0.3 is 0 Å². The number of rotatable bonds is 3. The molecule has 1 aliphatic rings. The predicted molar refractivity (Wildman–Crippen MR) is 76.1 cm³/mol. The number of hydrogen-bond acceptors (Lipinski definition) is 6. The van der Waals surface area contributed by atoms with Crippen LogP contribution in [0.15, 0.2) is 23.7 Å². The van der Waals surface area contributed by atoms with E-state index in [-0.39, 0.29) is 12.0 Å². The van der Waals surface area contributed by atoms with Crippen LogP contribution >= 0.6 is 11.3 Å². The van der Waals surface area contributed by atoms with Gasteiger partial charge in [-0.05, 0) is 19.1 Å². The van der Waals surface area contributed by atoms with Gasteiger partial charge in [-0.25, -0.2) is 9.97 Å². The van der Waals surface area contributed by atoms with E-state index in [4.69, 9.17) is 10.00 Å². The zero-order valence-electron chi connectivity index (χ0n) is 11.3. The minimum Gasteiger partial charge on any atom is -0.470 e. The molecular formula is C14H12N4O2S. The highest BCUT2D eigenvalue weighted by Crippen LogP contribution is 2.21. The third-order valence-electron chi connectivity index (χ3n) is 3.14. The summed E-state index contributed by atoms with van der Waals surface area (Å²) in [5.74, 6) is 0.238. The second-order valence-corrected chi connectivity index (χ2v) is 5.73. The molecule has 2 aromatic rings. The molecule has 0 unspecified atom stereocenters. The third kappa shape index (κ3) is 2.71. The van der Waals surface area contributed by atoms with E-state index in [1.54, 1.807) is 28.6 Å². The summed E-state index contributed by atoms with van der Waals surface area (Å²) in [5, 5.41) is 11.6. The summed E-state index contributed by atoms with van der Waals surface area (Å²) in [6.45, 7) is 2.83. The standard InChI is InChI=1S/C14H12N4O2S/c1-9-17-12(8-21-9)14(19)18-6-11(7-18)20-13-10(5-15)3-2-4-16-13/h2-4,8,11H,6-7H2,1H3. The molecule has 21 heavy (non-hydrogen) atoms. The average molecular weight is 300 g/mol. The molecule has 6 nitrogen and oxygen atoms in total. The van der Waals surface area contributed by atoms with Crippen molar-refractivity contribution in [3.8, 4) is 11.9 Å². The Morgan fingerprint density at radius 3 is 3.05 bits per heavy atom. The Morgan fingerprint density at radius 2 is 2.38 bits per heavy atom. The number of ether oxygens (including phenoxy) is 1. The number of aryl methyl sites for hydroxylation is 1. The van der Waals surface area contributed by atoms with Crippen LogP contribution in [0.4, 0.5) is 0 Å². The van der Waals surface area contributed by atoms with Crippen molar-refractivity contribution in [2.75, 3.05) is 13.1 Å². The first kappa shape index (κ1) is 13.5. The van der Waals surface area contributed by atoms with E-state index in [0.29, 0.717) is 30.2 Å². The van der Waals surface area contributed by atoms with E-state index < -0.39 is 0 Å². The first-order valence-corrected chi connectivity index (χ1v) is 7.28. The fourth-order valence-corrected chi connectivity index (χ4v) is 2.62. The molecule has 0 aromatic carbocycles. The molecule has 0 saturated carbocycles. The average Bonchev–Trinajstić information content (AvgIpc) is 2.89. The van der Waals surface area contributed by atoms with Crippen molar-refractivity contribution in [2.24, 2.45) is 0 Å². The predicted octanol–water partition coefficient (Wildman–Crippen LogP) is 1.62. The monoisotopic (exact) mass is 300 g/mol. The van der Waals surface area contributed by atoms with E-state index in [1.807, 2.05) is 13.0 Å². The van der Waals surface area contributed by atoms with Crippen molar-refractivity contribution < 1.29 is 9.53 Å². The molecule has 1 aliphatic heterocycles. The minimum atomic E-state index is -0.129. The lowest BCUT2D eigenvalue weighted by Gasteiger charge is -2.38. The first-order chi connectivity index (χ1) is 10.2. The van der Waals surface area contributed by atoms with Gasteiger partial charge in [0.1, 0.15) is 23.4 Å². The number of nitrogens with zero attached hydrogens (tertiary/aromatic N) is 4. The molecular weight excluding hydrogens is 288 g/mol. The highest BCUT2D eigenvalue weighted by molar-refractivity contribution is 7.09. The molecule has 106 valence electrons. The van der Waals surface area contributed by atoms with Gasteiger partial charge in [0.25, 0.3) is 5.91 Å². The van der Waals surface area contributed by atoms with Crippen LogP contribution in [0.5, 0.6) is 5.88 Å². The number of hydrogen-bond donors (Lipinski definition) is 0. The van der Waals surface area contributed by atoms with Gasteiger partial charge in [-0.3, -0.25) is 4.79 Å². The molecule has 7 heteroatoms. The number of amides is 1. The van der Waals surface area contributed by atoms with Crippen LogP contribution in [-0.2, 0) is 0 Å². The number of nitriles is 1. The van der Waals surface area contributed by atoms with Gasteiger partial charge in [0.05, 0.1) is 18.1 Å². The van der Waals surface area contributed by atoms with E-state index in [1.165, 1.54) is 11.3 Å². The van der Waals surface area contributed by atoms with Crippen LogP contribution in [0.2, 0.25) is 0 Å². The first-order valence-electron chi connectivity index (χ1n) is 6.40. The highest BCUT2D eigenvalue weighted by atomic mass is 32.1. The van der Waals surface area contributed by atoms with Gasteiger partial charge in [-0.2, -0.15) is 5.26 Å². The Hall–Kier alpha value is -2.46. The zero-order valence-corrected chi connectivity index (χ0v) is 12.1. The smallest absolute Gasteiger partial charge is 0.273 e. The lowest BCUT2D eigenvalue weighted by Crippen LogP contribution is -2.56. The SMILES string of the molecule is Cc1nc(C(=O)N2CC(Oc3ncccc3C#N)C2)cs1. The summed E-state index contributed by atoms with van der Waals surface area (Å²) in [4.78, 5) is 22.0. The zero-order chi connectivity index (χ0) is 14.8. The van der Waals surface area contributed by atoms with Gasteiger partial charge in [0.2, 0.25) is 5.88 Å². The third-order valence-corrected chi connectivity index (χ3v) is 3.92. The lowest BCUT2D eigenvalue weighted by atomic mass is 10.1. The van der Waals surface area contributed by atoms with Gasteiger partial charge in [0, 0.05) is 11.6 Å². The van der Waals surface area contributed by atoms with Crippen molar-refractivity contribution >= 4 is 17.2 Å². The van der Waals surface area contributed by atoms with Crippen LogP contribution in [0.3, 0.4) is 0 Å². The summed E-state index contributed by atoms with van der Waals surface area (Å²) < 4.78 is 5.65. The van der Waals surface area contributed by atoms with Crippen molar-refractivity contribution in [1.29, 1.82) is 5.26 Å². The normalized spacial score (nSPS) is 14.4. The van der Waals surface area contributed by atoms with Crippen LogP contribution in [0.25, 0.3) is 0 Å². The number of aromatic nitrogens is 2. The largest absolute Gasteiger partial charge is 0.470 e. The van der Waals surface area contributed by atoms with Crippen LogP contribution in [0, 0.1) is 18.3 Å². The Balaban J connectivity index is 1.59. The number of pyridine rings is 1. The molecule has 0 radical (unpaired) electrons. The maximum absolute atomic E-state index is 12.1. The Morgan fingerprint density at radius 1 is 1.57 bits per heavy atom. The Kier molecular flexibility index (Phi) is 3.54. The number of thiazole rings is 1. The van der Waals surface area contributed by atoms with E-state index in [0.717, 1.165) is 5.01 Å². The molecule has 1 fully saturated rings. The molecule has 1 amide bonds. The maximum atomic E-state index is 12.1.